The van der Waals surface area contributed by atoms with E-state index in [1.807, 2.05) is 0 Å². The summed E-state index contributed by atoms with van der Waals surface area (Å²) in [6.07, 6.45) is 0. The van der Waals surface area contributed by atoms with Crippen LogP contribution in [0.15, 0.2) is 182 Å². The summed E-state index contributed by atoms with van der Waals surface area (Å²) >= 11 is 0. The maximum Gasteiger partial charge on any atom is 0.0641 e. The third-order valence-electron chi connectivity index (χ3n) is 11.6. The molecule has 0 spiro atoms. The summed E-state index contributed by atoms with van der Waals surface area (Å²) in [5, 5.41) is 7.52. The van der Waals surface area contributed by atoms with Crippen molar-refractivity contribution < 1.29 is 0 Å². The Hall–Kier alpha value is -6.84. The molecule has 0 saturated heterocycles. The second-order valence-corrected chi connectivity index (χ2v) is 15.8. The fraction of sp³-hybridized carbons (Fsp3) is 0.0769. The van der Waals surface area contributed by atoms with E-state index in [0.29, 0.717) is 0 Å². The van der Waals surface area contributed by atoms with Crippen molar-refractivity contribution in [1.82, 2.24) is 13.7 Å². The van der Waals surface area contributed by atoms with Gasteiger partial charge in [-0.05, 0) is 88.8 Å². The second kappa shape index (κ2) is 11.8. The van der Waals surface area contributed by atoms with Gasteiger partial charge in [0.05, 0.1) is 33.1 Å². The standard InChI is InChI=1S/C52H39N3/c1-52(2,3)36-26-24-34(25-27-36)35-14-13-17-38(32-35)53-45-21-10-8-19-41(45)44-33-39(28-30-48(44)53)54-47-23-12-9-20-43(47)50-49(54)31-29-42-40-18-7-11-22-46(40)55(51(42)50)37-15-5-4-6-16-37/h4-33H,1-3H3. The third kappa shape index (κ3) is 4.76. The largest absolute Gasteiger partial charge is 0.309 e. The molecule has 0 saturated carbocycles. The topological polar surface area (TPSA) is 14.8 Å². The zero-order valence-corrected chi connectivity index (χ0v) is 31.2. The molecular weight excluding hydrogens is 667 g/mol. The number of rotatable bonds is 4. The van der Waals surface area contributed by atoms with Gasteiger partial charge in [-0.3, -0.25) is 0 Å². The molecule has 0 atom stereocenters. The van der Waals surface area contributed by atoms with Crippen molar-refractivity contribution in [2.75, 3.05) is 0 Å². The molecule has 3 heterocycles. The lowest BCUT2D eigenvalue weighted by Crippen LogP contribution is -2.10. The van der Waals surface area contributed by atoms with Crippen LogP contribution in [-0.4, -0.2) is 13.7 Å². The van der Waals surface area contributed by atoms with Gasteiger partial charge in [0.1, 0.15) is 0 Å². The van der Waals surface area contributed by atoms with Crippen molar-refractivity contribution in [1.29, 1.82) is 0 Å². The highest BCUT2D eigenvalue weighted by Crippen LogP contribution is 2.43. The van der Waals surface area contributed by atoms with Crippen molar-refractivity contribution in [2.24, 2.45) is 0 Å². The lowest BCUT2D eigenvalue weighted by atomic mass is 9.86. The highest BCUT2D eigenvalue weighted by molar-refractivity contribution is 6.26. The number of aromatic nitrogens is 3. The van der Waals surface area contributed by atoms with Gasteiger partial charge in [-0.1, -0.05) is 136 Å². The van der Waals surface area contributed by atoms with E-state index < -0.39 is 0 Å². The summed E-state index contributed by atoms with van der Waals surface area (Å²) in [6, 6.07) is 67.0. The maximum atomic E-state index is 2.46. The normalized spacial score (nSPS) is 12.3. The Kier molecular flexibility index (Phi) is 6.81. The average molecular weight is 706 g/mol. The van der Waals surface area contributed by atoms with E-state index in [2.05, 4.69) is 216 Å². The number of nitrogens with zero attached hydrogens (tertiary/aromatic N) is 3. The monoisotopic (exact) mass is 705 g/mol. The first-order valence-corrected chi connectivity index (χ1v) is 19.2. The van der Waals surface area contributed by atoms with E-state index in [-0.39, 0.29) is 5.41 Å². The Balaban J connectivity index is 1.14. The zero-order chi connectivity index (χ0) is 36.8. The highest BCUT2D eigenvalue weighted by Gasteiger charge is 2.22. The Bertz CT molecular complexity index is 3270. The van der Waals surface area contributed by atoms with E-state index in [0.717, 1.165) is 11.4 Å². The number of para-hydroxylation sites is 4. The lowest BCUT2D eigenvalue weighted by Gasteiger charge is -2.19. The summed E-state index contributed by atoms with van der Waals surface area (Å²) in [4.78, 5) is 0. The minimum absolute atomic E-state index is 0.121. The summed E-state index contributed by atoms with van der Waals surface area (Å²) in [5.74, 6) is 0. The van der Waals surface area contributed by atoms with E-state index in [1.54, 1.807) is 0 Å². The van der Waals surface area contributed by atoms with Crippen LogP contribution in [0.3, 0.4) is 0 Å². The predicted octanol–water partition coefficient (Wildman–Crippen LogP) is 13.9. The molecule has 262 valence electrons. The van der Waals surface area contributed by atoms with E-state index >= 15 is 0 Å². The van der Waals surface area contributed by atoms with Crippen molar-refractivity contribution in [3.05, 3.63) is 188 Å². The van der Waals surface area contributed by atoms with Gasteiger partial charge < -0.3 is 13.7 Å². The van der Waals surface area contributed by atoms with Crippen molar-refractivity contribution in [2.45, 2.75) is 26.2 Å². The van der Waals surface area contributed by atoms with Gasteiger partial charge in [0.15, 0.2) is 0 Å². The van der Waals surface area contributed by atoms with Crippen LogP contribution in [0.5, 0.6) is 0 Å². The Morgan fingerprint density at radius 1 is 0.327 bits per heavy atom. The van der Waals surface area contributed by atoms with Gasteiger partial charge in [0.25, 0.3) is 0 Å². The molecule has 3 nitrogen and oxygen atoms in total. The molecule has 0 fully saturated rings. The number of fused-ring (bicyclic) bond motifs is 10. The third-order valence-corrected chi connectivity index (χ3v) is 11.6. The summed E-state index contributed by atoms with van der Waals surface area (Å²) in [5.41, 5.74) is 14.6. The fourth-order valence-corrected chi connectivity index (χ4v) is 9.00. The predicted molar refractivity (Wildman–Crippen MR) is 234 cm³/mol. The van der Waals surface area contributed by atoms with Crippen LogP contribution < -0.4 is 0 Å². The maximum absolute atomic E-state index is 2.46. The molecule has 3 heteroatoms. The molecule has 8 aromatic carbocycles. The van der Waals surface area contributed by atoms with Crippen LogP contribution in [0.2, 0.25) is 0 Å². The molecule has 3 aromatic heterocycles. The quantitative estimate of drug-likeness (QED) is 0.173. The minimum Gasteiger partial charge on any atom is -0.309 e. The summed E-state index contributed by atoms with van der Waals surface area (Å²) < 4.78 is 7.34. The van der Waals surface area contributed by atoms with Crippen LogP contribution in [0, 0.1) is 0 Å². The lowest BCUT2D eigenvalue weighted by molar-refractivity contribution is 0.590. The van der Waals surface area contributed by atoms with Crippen LogP contribution in [0.4, 0.5) is 0 Å². The molecule has 11 aromatic rings. The first-order chi connectivity index (χ1) is 26.9. The van der Waals surface area contributed by atoms with Crippen LogP contribution >= 0.6 is 0 Å². The van der Waals surface area contributed by atoms with E-state index in [1.165, 1.54) is 87.8 Å². The molecule has 0 N–H and O–H groups in total. The van der Waals surface area contributed by atoms with Crippen molar-refractivity contribution in [3.63, 3.8) is 0 Å². The first-order valence-electron chi connectivity index (χ1n) is 19.2. The summed E-state index contributed by atoms with van der Waals surface area (Å²) in [7, 11) is 0. The molecule has 0 unspecified atom stereocenters. The SMILES string of the molecule is CC(C)(C)c1ccc(-c2cccc(-n3c4ccccc4c4cc(-n5c6ccccc6c6c5ccc5c7ccccc7n(-c7ccccc7)c56)ccc43)c2)cc1. The van der Waals surface area contributed by atoms with Gasteiger partial charge in [-0.25, -0.2) is 0 Å². The van der Waals surface area contributed by atoms with Crippen LogP contribution in [-0.2, 0) is 5.41 Å². The molecule has 11 rings (SSSR count). The van der Waals surface area contributed by atoms with Gasteiger partial charge in [0, 0.05) is 49.4 Å². The molecule has 0 aliphatic carbocycles. The summed E-state index contributed by atoms with van der Waals surface area (Å²) in [6.45, 7) is 6.80. The minimum atomic E-state index is 0.121. The van der Waals surface area contributed by atoms with Crippen LogP contribution in [0.25, 0.3) is 93.6 Å². The molecule has 0 aliphatic heterocycles. The average Bonchev–Trinajstić information content (AvgIpc) is 3.86. The van der Waals surface area contributed by atoms with Gasteiger partial charge in [-0.15, -0.1) is 0 Å². The number of hydrogen-bond donors (Lipinski definition) is 0. The van der Waals surface area contributed by atoms with Gasteiger partial charge in [0.2, 0.25) is 0 Å². The Morgan fingerprint density at radius 2 is 0.873 bits per heavy atom. The smallest absolute Gasteiger partial charge is 0.0641 e. The Morgan fingerprint density at radius 3 is 1.60 bits per heavy atom. The molecule has 0 amide bonds. The van der Waals surface area contributed by atoms with E-state index in [9.17, 15) is 0 Å². The fourth-order valence-electron chi connectivity index (χ4n) is 9.00. The molecular formula is C52H39N3. The number of benzene rings is 8. The second-order valence-electron chi connectivity index (χ2n) is 15.8. The molecule has 0 aliphatic rings. The zero-order valence-electron chi connectivity index (χ0n) is 31.2. The molecule has 0 bridgehead atoms. The highest BCUT2D eigenvalue weighted by atomic mass is 15.0. The van der Waals surface area contributed by atoms with Crippen molar-refractivity contribution in [3.8, 4) is 28.2 Å². The Labute approximate surface area is 319 Å². The van der Waals surface area contributed by atoms with E-state index in [4.69, 9.17) is 0 Å². The van der Waals surface area contributed by atoms with Crippen LogP contribution in [0.1, 0.15) is 26.3 Å². The molecule has 55 heavy (non-hydrogen) atoms. The van der Waals surface area contributed by atoms with Gasteiger partial charge >= 0.3 is 0 Å². The molecule has 0 radical (unpaired) electrons. The number of hydrogen-bond acceptors (Lipinski definition) is 0. The first kappa shape index (κ1) is 31.7. The van der Waals surface area contributed by atoms with Crippen molar-refractivity contribution >= 4 is 65.4 Å². The van der Waals surface area contributed by atoms with Gasteiger partial charge in [-0.2, -0.15) is 0 Å².